The van der Waals surface area contributed by atoms with Crippen LogP contribution in [0.25, 0.3) is 0 Å². The van der Waals surface area contributed by atoms with Crippen molar-refractivity contribution in [2.75, 3.05) is 10.6 Å². The lowest BCUT2D eigenvalue weighted by atomic mass is 10.1. The highest BCUT2D eigenvalue weighted by molar-refractivity contribution is 6.13. The van der Waals surface area contributed by atoms with Gasteiger partial charge in [-0.3, -0.25) is 4.79 Å². The number of hydrogen-bond donors (Lipinski definition) is 2. The molecule has 1 aromatic rings. The molecule has 0 aromatic heterocycles. The van der Waals surface area contributed by atoms with Crippen LogP contribution in [0.5, 0.6) is 0 Å². The monoisotopic (exact) mass is 275 g/mol. The number of benzene rings is 1. The molecule has 5 heteroatoms. The normalized spacial score (nSPS) is 11.3. The Morgan fingerprint density at radius 3 is 2.20 bits per heavy atom. The summed E-state index contributed by atoms with van der Waals surface area (Å²) in [5.74, 6) is -0.0273. The molecule has 0 bridgehead atoms. The molecule has 3 amide bonds. The number of urea groups is 1. The molecule has 108 valence electrons. The molecular weight excluding hydrogens is 254 g/mol. The maximum atomic E-state index is 12.1. The van der Waals surface area contributed by atoms with Gasteiger partial charge in [0.25, 0.3) is 0 Å². The van der Waals surface area contributed by atoms with Gasteiger partial charge in [0.1, 0.15) is 0 Å². The fourth-order valence-electron chi connectivity index (χ4n) is 1.47. The third-order valence-electron chi connectivity index (χ3n) is 3.00. The largest absolute Gasteiger partial charge is 0.399 e. The van der Waals surface area contributed by atoms with E-state index in [0.717, 1.165) is 10.5 Å². The smallest absolute Gasteiger partial charge is 0.332 e. The van der Waals surface area contributed by atoms with Gasteiger partial charge in [-0.25, -0.2) is 9.69 Å². The van der Waals surface area contributed by atoms with E-state index < -0.39 is 6.03 Å². The van der Waals surface area contributed by atoms with Gasteiger partial charge >= 0.3 is 6.03 Å². The standard InChI is InChI=1S/C15H21N3O2/c1-10(2)11(3)9-17-15(20)18(12(4)19)14-7-5-13(16)6-8-14/h5-10H,16H2,1-4H3,(H,17,20)/b11-9+. The maximum absolute atomic E-state index is 12.1. The number of imide groups is 1. The van der Waals surface area contributed by atoms with Crippen molar-refractivity contribution in [3.05, 3.63) is 36.0 Å². The first-order valence-corrected chi connectivity index (χ1v) is 6.46. The Kier molecular flexibility index (Phi) is 5.32. The van der Waals surface area contributed by atoms with Crippen LogP contribution in [0, 0.1) is 5.92 Å². The van der Waals surface area contributed by atoms with E-state index in [4.69, 9.17) is 5.73 Å². The Bertz CT molecular complexity index is 518. The number of nitrogens with two attached hydrogens (primary N) is 1. The van der Waals surface area contributed by atoms with Crippen molar-refractivity contribution < 1.29 is 9.59 Å². The average molecular weight is 275 g/mol. The second-order valence-corrected chi connectivity index (χ2v) is 4.94. The minimum atomic E-state index is -0.484. The van der Waals surface area contributed by atoms with Crippen molar-refractivity contribution in [3.63, 3.8) is 0 Å². The van der Waals surface area contributed by atoms with E-state index in [0.29, 0.717) is 17.3 Å². The first-order valence-electron chi connectivity index (χ1n) is 6.46. The van der Waals surface area contributed by atoms with Crippen LogP contribution < -0.4 is 16.0 Å². The number of rotatable bonds is 3. The number of nitrogens with zero attached hydrogens (tertiary/aromatic N) is 1. The second-order valence-electron chi connectivity index (χ2n) is 4.94. The highest BCUT2D eigenvalue weighted by atomic mass is 16.2. The number of carbonyl (C=O) groups excluding carboxylic acids is 2. The first-order chi connectivity index (χ1) is 9.32. The summed E-state index contributed by atoms with van der Waals surface area (Å²) in [5, 5.41) is 2.63. The fourth-order valence-corrected chi connectivity index (χ4v) is 1.47. The van der Waals surface area contributed by atoms with Crippen molar-refractivity contribution in [3.8, 4) is 0 Å². The van der Waals surface area contributed by atoms with E-state index in [9.17, 15) is 9.59 Å². The van der Waals surface area contributed by atoms with E-state index in [1.807, 2.05) is 20.8 Å². The van der Waals surface area contributed by atoms with E-state index in [2.05, 4.69) is 5.32 Å². The third-order valence-corrected chi connectivity index (χ3v) is 3.00. The topological polar surface area (TPSA) is 75.4 Å². The van der Waals surface area contributed by atoms with Crippen molar-refractivity contribution in [1.82, 2.24) is 5.32 Å². The van der Waals surface area contributed by atoms with Gasteiger partial charge in [0.15, 0.2) is 0 Å². The molecule has 5 nitrogen and oxygen atoms in total. The van der Waals surface area contributed by atoms with Crippen LogP contribution in [-0.2, 0) is 4.79 Å². The van der Waals surface area contributed by atoms with Gasteiger partial charge in [-0.15, -0.1) is 0 Å². The lowest BCUT2D eigenvalue weighted by molar-refractivity contribution is -0.115. The highest BCUT2D eigenvalue weighted by Gasteiger charge is 2.19. The van der Waals surface area contributed by atoms with Crippen molar-refractivity contribution in [2.24, 2.45) is 5.92 Å². The van der Waals surface area contributed by atoms with Crippen LogP contribution in [0.1, 0.15) is 27.7 Å². The van der Waals surface area contributed by atoms with Gasteiger partial charge in [0.05, 0.1) is 5.69 Å². The van der Waals surface area contributed by atoms with Gasteiger partial charge in [0, 0.05) is 18.8 Å². The van der Waals surface area contributed by atoms with Gasteiger partial charge in [-0.1, -0.05) is 19.4 Å². The van der Waals surface area contributed by atoms with E-state index in [-0.39, 0.29) is 5.91 Å². The number of allylic oxidation sites excluding steroid dienone is 1. The molecule has 20 heavy (non-hydrogen) atoms. The predicted octanol–water partition coefficient (Wildman–Crippen LogP) is 2.89. The molecule has 0 fully saturated rings. The van der Waals surface area contributed by atoms with Crippen LogP contribution in [0.15, 0.2) is 36.0 Å². The Hall–Kier alpha value is -2.30. The van der Waals surface area contributed by atoms with Crippen LogP contribution in [0.4, 0.5) is 16.2 Å². The SMILES string of the molecule is CC(=O)N(C(=O)N/C=C(\C)C(C)C)c1ccc(N)cc1. The molecule has 0 saturated carbocycles. The molecule has 0 unspecified atom stereocenters. The average Bonchev–Trinajstić information content (AvgIpc) is 2.38. The summed E-state index contributed by atoms with van der Waals surface area (Å²) in [4.78, 5) is 24.9. The molecule has 0 radical (unpaired) electrons. The summed E-state index contributed by atoms with van der Waals surface area (Å²) in [7, 11) is 0. The summed E-state index contributed by atoms with van der Waals surface area (Å²) >= 11 is 0. The molecule has 0 aliphatic carbocycles. The van der Waals surface area contributed by atoms with Gasteiger partial charge in [-0.2, -0.15) is 0 Å². The third kappa shape index (κ3) is 4.12. The lowest BCUT2D eigenvalue weighted by Crippen LogP contribution is -2.41. The molecule has 0 aliphatic rings. The summed E-state index contributed by atoms with van der Waals surface area (Å²) in [6, 6.07) is 6.08. The number of anilines is 2. The maximum Gasteiger partial charge on any atom is 0.332 e. The summed E-state index contributed by atoms with van der Waals surface area (Å²) in [6.07, 6.45) is 1.63. The predicted molar refractivity (Wildman–Crippen MR) is 81.1 cm³/mol. The molecule has 0 aliphatic heterocycles. The zero-order valence-corrected chi connectivity index (χ0v) is 12.3. The fraction of sp³-hybridized carbons (Fsp3) is 0.333. The Balaban J connectivity index is 2.92. The molecule has 1 aromatic carbocycles. The van der Waals surface area contributed by atoms with E-state index in [1.54, 1.807) is 30.5 Å². The van der Waals surface area contributed by atoms with Crippen LogP contribution in [-0.4, -0.2) is 11.9 Å². The second kappa shape index (κ2) is 6.75. The summed E-state index contributed by atoms with van der Waals surface area (Å²) in [6.45, 7) is 7.32. The zero-order valence-electron chi connectivity index (χ0n) is 12.3. The Labute approximate surface area is 119 Å². The van der Waals surface area contributed by atoms with E-state index >= 15 is 0 Å². The van der Waals surface area contributed by atoms with Crippen molar-refractivity contribution in [2.45, 2.75) is 27.7 Å². The quantitative estimate of drug-likeness (QED) is 0.833. The molecule has 0 atom stereocenters. The molecule has 0 saturated heterocycles. The van der Waals surface area contributed by atoms with Gasteiger partial charge in [-0.05, 0) is 37.1 Å². The molecule has 3 N–H and O–H groups in total. The Morgan fingerprint density at radius 1 is 1.20 bits per heavy atom. The number of hydrogen-bond acceptors (Lipinski definition) is 3. The summed E-state index contributed by atoms with van der Waals surface area (Å²) in [5.41, 5.74) is 7.69. The van der Waals surface area contributed by atoms with Crippen LogP contribution >= 0.6 is 0 Å². The number of nitrogen functional groups attached to an aromatic ring is 1. The molecule has 0 heterocycles. The van der Waals surface area contributed by atoms with Crippen LogP contribution in [0.2, 0.25) is 0 Å². The number of nitrogens with one attached hydrogen (secondary N) is 1. The van der Waals surface area contributed by atoms with Crippen molar-refractivity contribution >= 4 is 23.3 Å². The van der Waals surface area contributed by atoms with E-state index in [1.165, 1.54) is 6.92 Å². The van der Waals surface area contributed by atoms with Gasteiger partial charge < -0.3 is 11.1 Å². The molecule has 0 spiro atoms. The van der Waals surface area contributed by atoms with Crippen LogP contribution in [0.3, 0.4) is 0 Å². The highest BCUT2D eigenvalue weighted by Crippen LogP contribution is 2.17. The minimum Gasteiger partial charge on any atom is -0.399 e. The molecular formula is C15H21N3O2. The molecule has 1 rings (SSSR count). The van der Waals surface area contributed by atoms with Crippen molar-refractivity contribution in [1.29, 1.82) is 0 Å². The zero-order chi connectivity index (χ0) is 15.3. The lowest BCUT2D eigenvalue weighted by Gasteiger charge is -2.19. The number of carbonyl (C=O) groups is 2. The Morgan fingerprint density at radius 2 is 1.75 bits per heavy atom. The summed E-state index contributed by atoms with van der Waals surface area (Å²) < 4.78 is 0. The van der Waals surface area contributed by atoms with Gasteiger partial charge in [0.2, 0.25) is 5.91 Å². The number of amides is 3. The first kappa shape index (κ1) is 15.8. The minimum absolute atomic E-state index is 0.331.